The highest BCUT2D eigenvalue weighted by atomic mass is 35.5. The van der Waals surface area contributed by atoms with E-state index in [4.69, 9.17) is 16.0 Å². The molecule has 28 heavy (non-hydrogen) atoms. The monoisotopic (exact) mass is 388 g/mol. The molecule has 1 unspecified atom stereocenters. The third kappa shape index (κ3) is 3.57. The van der Waals surface area contributed by atoms with Crippen molar-refractivity contribution in [1.29, 1.82) is 0 Å². The zero-order valence-electron chi connectivity index (χ0n) is 14.9. The molecule has 0 spiro atoms. The maximum absolute atomic E-state index is 12.8. The van der Waals surface area contributed by atoms with E-state index in [1.165, 1.54) is 0 Å². The van der Waals surface area contributed by atoms with E-state index in [0.29, 0.717) is 16.0 Å². The van der Waals surface area contributed by atoms with E-state index in [1.54, 1.807) is 18.2 Å². The summed E-state index contributed by atoms with van der Waals surface area (Å²) in [4.78, 5) is 12.8. The van der Waals surface area contributed by atoms with Gasteiger partial charge in [0.2, 0.25) is 0 Å². The van der Waals surface area contributed by atoms with Gasteiger partial charge in [-0.05, 0) is 29.3 Å². The first kappa shape index (κ1) is 18.1. The SMILES string of the molecule is O=c1oc2ccc(Cl)cc2c(O)c1C(/C=C/c1ccccc1)c1ccccc1. The van der Waals surface area contributed by atoms with Crippen molar-refractivity contribution in [3.05, 3.63) is 117 Å². The number of allylic oxidation sites excluding steroid dienone is 1. The molecule has 1 N–H and O–H groups in total. The maximum Gasteiger partial charge on any atom is 0.344 e. The van der Waals surface area contributed by atoms with Gasteiger partial charge in [-0.3, -0.25) is 0 Å². The molecule has 0 saturated carbocycles. The lowest BCUT2D eigenvalue weighted by Gasteiger charge is -2.15. The first-order valence-corrected chi connectivity index (χ1v) is 9.25. The molecule has 0 bridgehead atoms. The van der Waals surface area contributed by atoms with E-state index in [0.717, 1.165) is 11.1 Å². The average Bonchev–Trinajstić information content (AvgIpc) is 2.72. The minimum atomic E-state index is -0.570. The molecule has 1 atom stereocenters. The van der Waals surface area contributed by atoms with Crippen LogP contribution >= 0.6 is 11.6 Å². The van der Waals surface area contributed by atoms with Crippen molar-refractivity contribution in [3.8, 4) is 5.75 Å². The Kier molecular flexibility index (Phi) is 5.00. The Morgan fingerprint density at radius 2 is 1.61 bits per heavy atom. The molecule has 4 rings (SSSR count). The Labute approximate surface area is 167 Å². The summed E-state index contributed by atoms with van der Waals surface area (Å²) in [5.41, 5.74) is 1.79. The van der Waals surface area contributed by atoms with Gasteiger partial charge in [0.25, 0.3) is 0 Å². The molecule has 0 radical (unpaired) electrons. The van der Waals surface area contributed by atoms with Crippen LogP contribution in [0.4, 0.5) is 0 Å². The second-order valence-electron chi connectivity index (χ2n) is 6.45. The Morgan fingerprint density at radius 1 is 0.929 bits per heavy atom. The van der Waals surface area contributed by atoms with Crippen molar-refractivity contribution < 1.29 is 9.52 Å². The lowest BCUT2D eigenvalue weighted by Crippen LogP contribution is -2.13. The summed E-state index contributed by atoms with van der Waals surface area (Å²) < 4.78 is 5.48. The molecule has 4 heteroatoms. The van der Waals surface area contributed by atoms with Crippen LogP contribution in [0.3, 0.4) is 0 Å². The van der Waals surface area contributed by atoms with Crippen molar-refractivity contribution >= 4 is 28.6 Å². The van der Waals surface area contributed by atoms with Crippen LogP contribution in [0.25, 0.3) is 17.0 Å². The number of hydrogen-bond donors (Lipinski definition) is 1. The fourth-order valence-corrected chi connectivity index (χ4v) is 3.43. The molecular weight excluding hydrogens is 372 g/mol. The topological polar surface area (TPSA) is 50.4 Å². The predicted octanol–water partition coefficient (Wildman–Crippen LogP) is 6.00. The van der Waals surface area contributed by atoms with Gasteiger partial charge >= 0.3 is 5.63 Å². The van der Waals surface area contributed by atoms with Gasteiger partial charge in [0, 0.05) is 10.9 Å². The maximum atomic E-state index is 12.8. The Bertz CT molecular complexity index is 1200. The van der Waals surface area contributed by atoms with Crippen molar-refractivity contribution in [2.45, 2.75) is 5.92 Å². The van der Waals surface area contributed by atoms with E-state index < -0.39 is 11.5 Å². The smallest absolute Gasteiger partial charge is 0.344 e. The van der Waals surface area contributed by atoms with Gasteiger partial charge in [-0.25, -0.2) is 4.79 Å². The van der Waals surface area contributed by atoms with Gasteiger partial charge in [-0.1, -0.05) is 84.4 Å². The molecule has 3 nitrogen and oxygen atoms in total. The highest BCUT2D eigenvalue weighted by Gasteiger charge is 2.23. The van der Waals surface area contributed by atoms with Gasteiger partial charge in [0.15, 0.2) is 0 Å². The quantitative estimate of drug-likeness (QED) is 0.436. The zero-order chi connectivity index (χ0) is 19.5. The lowest BCUT2D eigenvalue weighted by molar-refractivity contribution is 0.456. The van der Waals surface area contributed by atoms with Crippen molar-refractivity contribution in [2.75, 3.05) is 0 Å². The third-order valence-electron chi connectivity index (χ3n) is 4.62. The van der Waals surface area contributed by atoms with Gasteiger partial charge in [-0.15, -0.1) is 0 Å². The van der Waals surface area contributed by atoms with E-state index in [-0.39, 0.29) is 11.3 Å². The van der Waals surface area contributed by atoms with E-state index in [2.05, 4.69) is 0 Å². The Morgan fingerprint density at radius 3 is 2.32 bits per heavy atom. The fourth-order valence-electron chi connectivity index (χ4n) is 3.25. The van der Waals surface area contributed by atoms with E-state index in [9.17, 15) is 9.90 Å². The van der Waals surface area contributed by atoms with Crippen LogP contribution in [-0.4, -0.2) is 5.11 Å². The van der Waals surface area contributed by atoms with E-state index >= 15 is 0 Å². The van der Waals surface area contributed by atoms with Crippen LogP contribution in [0.1, 0.15) is 22.6 Å². The molecule has 138 valence electrons. The van der Waals surface area contributed by atoms with Gasteiger partial charge in [0.1, 0.15) is 11.3 Å². The van der Waals surface area contributed by atoms with Gasteiger partial charge in [-0.2, -0.15) is 0 Å². The average molecular weight is 389 g/mol. The minimum absolute atomic E-state index is 0.111. The van der Waals surface area contributed by atoms with Crippen molar-refractivity contribution in [3.63, 3.8) is 0 Å². The summed E-state index contributed by atoms with van der Waals surface area (Å²) in [5, 5.41) is 11.8. The lowest BCUT2D eigenvalue weighted by atomic mass is 9.90. The third-order valence-corrected chi connectivity index (χ3v) is 4.86. The first-order valence-electron chi connectivity index (χ1n) is 8.87. The van der Waals surface area contributed by atoms with Gasteiger partial charge in [0.05, 0.1) is 10.9 Å². The fraction of sp³-hybridized carbons (Fsp3) is 0.0417. The number of halogens is 1. The summed E-state index contributed by atoms with van der Waals surface area (Å²) in [7, 11) is 0. The van der Waals surface area contributed by atoms with Crippen LogP contribution in [0.5, 0.6) is 5.75 Å². The number of aromatic hydroxyl groups is 1. The van der Waals surface area contributed by atoms with Crippen LogP contribution < -0.4 is 5.63 Å². The molecule has 0 saturated heterocycles. The zero-order valence-corrected chi connectivity index (χ0v) is 15.6. The van der Waals surface area contributed by atoms with Crippen molar-refractivity contribution in [1.82, 2.24) is 0 Å². The number of fused-ring (bicyclic) bond motifs is 1. The summed E-state index contributed by atoms with van der Waals surface area (Å²) in [5.74, 6) is -0.582. The normalized spacial score (nSPS) is 12.5. The molecule has 0 aliphatic heterocycles. The second kappa shape index (κ2) is 7.75. The van der Waals surface area contributed by atoms with Crippen molar-refractivity contribution in [2.24, 2.45) is 0 Å². The molecule has 0 amide bonds. The molecule has 0 fully saturated rings. The summed E-state index contributed by atoms with van der Waals surface area (Å²) in [6, 6.07) is 24.1. The highest BCUT2D eigenvalue weighted by molar-refractivity contribution is 6.31. The molecule has 1 heterocycles. The highest BCUT2D eigenvalue weighted by Crippen LogP contribution is 2.36. The molecule has 0 aliphatic rings. The predicted molar refractivity (Wildman–Crippen MR) is 113 cm³/mol. The molecule has 4 aromatic rings. The minimum Gasteiger partial charge on any atom is -0.507 e. The van der Waals surface area contributed by atoms with Crippen LogP contribution in [0, 0.1) is 0 Å². The largest absolute Gasteiger partial charge is 0.507 e. The van der Waals surface area contributed by atoms with Crippen LogP contribution in [-0.2, 0) is 0 Å². The standard InChI is InChI=1S/C24H17ClO3/c25-18-12-14-21-20(15-18)23(26)22(24(27)28-21)19(17-9-5-2-6-10-17)13-11-16-7-3-1-4-8-16/h1-15,19,26H/b13-11+. The summed E-state index contributed by atoms with van der Waals surface area (Å²) in [6.07, 6.45) is 3.83. The molecule has 3 aromatic carbocycles. The van der Waals surface area contributed by atoms with Crippen LogP contribution in [0.2, 0.25) is 5.02 Å². The number of rotatable bonds is 4. The summed E-state index contributed by atoms with van der Waals surface area (Å²) in [6.45, 7) is 0. The molecule has 1 aromatic heterocycles. The van der Waals surface area contributed by atoms with E-state index in [1.807, 2.05) is 72.8 Å². The number of hydrogen-bond acceptors (Lipinski definition) is 3. The molecule has 0 aliphatic carbocycles. The molecular formula is C24H17ClO3. The first-order chi connectivity index (χ1) is 13.6. The second-order valence-corrected chi connectivity index (χ2v) is 6.89. The summed E-state index contributed by atoms with van der Waals surface area (Å²) >= 11 is 6.08. The number of benzene rings is 3. The Balaban J connectivity index is 1.92. The Hall–Kier alpha value is -3.30. The van der Waals surface area contributed by atoms with Crippen LogP contribution in [0.15, 0.2) is 94.2 Å². The van der Waals surface area contributed by atoms with Gasteiger partial charge < -0.3 is 9.52 Å².